The average Bonchev–Trinajstić information content (AvgIpc) is 2.72. The minimum Gasteiger partial charge on any atom is -0.481 e. The summed E-state index contributed by atoms with van der Waals surface area (Å²) in [7, 11) is -1.12. The highest BCUT2D eigenvalue weighted by atomic mass is 32.2. The first-order valence-corrected chi connectivity index (χ1v) is 10.9. The molecule has 0 aliphatic heterocycles. The van der Waals surface area contributed by atoms with Gasteiger partial charge in [0.2, 0.25) is 0 Å². The normalized spacial score (nSPS) is 14.6. The van der Waals surface area contributed by atoms with Crippen LogP contribution in [0.5, 0.6) is 0 Å². The van der Waals surface area contributed by atoms with Crippen LogP contribution in [0.2, 0.25) is 0 Å². The molecule has 0 heterocycles. The van der Waals surface area contributed by atoms with Gasteiger partial charge in [0.25, 0.3) is 5.34 Å². The van der Waals surface area contributed by atoms with Gasteiger partial charge < -0.3 is 10.2 Å². The molecule has 6 heteroatoms. The van der Waals surface area contributed by atoms with E-state index in [4.69, 9.17) is 0 Å². The Morgan fingerprint density at radius 1 is 1.00 bits per heavy atom. The number of hydrogen-bond acceptors (Lipinski definition) is 4. The molecule has 3 aromatic carbocycles. The first-order chi connectivity index (χ1) is 13.5. The molecule has 144 valence electrons. The average molecular weight is 413 g/mol. The minimum absolute atomic E-state index is 0.0546. The van der Waals surface area contributed by atoms with Crippen LogP contribution >= 0.6 is 20.2 Å². The monoisotopic (exact) mass is 413 g/mol. The number of thioether (sulfide) groups is 1. The molecule has 0 bridgehead atoms. The minimum atomic E-state index is -1.78. The van der Waals surface area contributed by atoms with Crippen molar-refractivity contribution in [1.82, 2.24) is 0 Å². The third kappa shape index (κ3) is 4.99. The van der Waals surface area contributed by atoms with Gasteiger partial charge in [-0.2, -0.15) is 0 Å². The lowest BCUT2D eigenvalue weighted by Crippen LogP contribution is -2.40. The van der Waals surface area contributed by atoms with E-state index in [0.717, 1.165) is 21.2 Å². The second-order valence-corrected chi connectivity index (χ2v) is 8.86. The second kappa shape index (κ2) is 9.33. The highest BCUT2D eigenvalue weighted by Gasteiger charge is 2.49. The summed E-state index contributed by atoms with van der Waals surface area (Å²) in [5.74, 6) is -2.17. The van der Waals surface area contributed by atoms with Crippen molar-refractivity contribution in [1.29, 1.82) is 0 Å². The third-order valence-corrected chi connectivity index (χ3v) is 7.10. The van der Waals surface area contributed by atoms with Crippen LogP contribution in [-0.4, -0.2) is 27.3 Å². The van der Waals surface area contributed by atoms with Crippen LogP contribution in [0.1, 0.15) is 12.0 Å². The van der Waals surface area contributed by atoms with Crippen molar-refractivity contribution in [3.8, 4) is 0 Å². The Labute approximate surface area is 169 Å². The maximum absolute atomic E-state index is 11.8. The molecule has 4 nitrogen and oxygen atoms in total. The van der Waals surface area contributed by atoms with Gasteiger partial charge in [-0.3, -0.25) is 4.79 Å². The Morgan fingerprint density at radius 3 is 2.36 bits per heavy atom. The van der Waals surface area contributed by atoms with Gasteiger partial charge in [-0.15, -0.1) is 11.8 Å². The first kappa shape index (κ1) is 20.5. The summed E-state index contributed by atoms with van der Waals surface area (Å²) in [5.41, 5.74) is 0.993. The summed E-state index contributed by atoms with van der Waals surface area (Å²) >= 11 is 1.33. The maximum Gasteiger partial charge on any atom is 0.361 e. The second-order valence-electron chi connectivity index (χ2n) is 6.74. The Balaban J connectivity index is 1.72. The van der Waals surface area contributed by atoms with Gasteiger partial charge in [0, 0.05) is 4.90 Å². The number of aliphatic hydroxyl groups is 1. The van der Waals surface area contributed by atoms with Crippen molar-refractivity contribution in [2.75, 3.05) is 5.75 Å². The number of aryl methyl sites for hydroxylation is 1. The molecule has 0 aliphatic rings. The molecule has 0 aliphatic carbocycles. The Hall–Kier alpha value is -2.20. The van der Waals surface area contributed by atoms with Crippen molar-refractivity contribution in [3.63, 3.8) is 0 Å². The number of hydrogen-bond donors (Lipinski definition) is 2. The summed E-state index contributed by atoms with van der Waals surface area (Å²) in [6.07, 6.45) is 0.731. The van der Waals surface area contributed by atoms with Gasteiger partial charge in [0.05, 0.1) is 5.75 Å². The van der Waals surface area contributed by atoms with E-state index < -0.39 is 25.7 Å². The highest BCUT2D eigenvalue weighted by Crippen LogP contribution is 2.38. The van der Waals surface area contributed by atoms with Gasteiger partial charge in [0.1, 0.15) is 5.92 Å². The van der Waals surface area contributed by atoms with Gasteiger partial charge in [-0.25, -0.2) is 0 Å². The summed E-state index contributed by atoms with van der Waals surface area (Å²) < 4.78 is 11.8. The van der Waals surface area contributed by atoms with Crippen LogP contribution in [0.4, 0.5) is 0 Å². The summed E-state index contributed by atoms with van der Waals surface area (Å²) in [6, 6.07) is 23.4. The number of rotatable bonds is 9. The molecule has 0 aromatic heterocycles. The van der Waals surface area contributed by atoms with E-state index in [2.05, 4.69) is 0 Å². The molecule has 0 saturated heterocycles. The Kier molecular flexibility index (Phi) is 6.84. The summed E-state index contributed by atoms with van der Waals surface area (Å²) in [4.78, 5) is 12.7. The van der Waals surface area contributed by atoms with E-state index in [1.807, 2.05) is 72.8 Å². The van der Waals surface area contributed by atoms with Crippen LogP contribution in [0.3, 0.4) is 0 Å². The summed E-state index contributed by atoms with van der Waals surface area (Å²) in [6.45, 7) is 0. The van der Waals surface area contributed by atoms with Crippen molar-refractivity contribution >= 4 is 37.0 Å². The highest BCUT2D eigenvalue weighted by molar-refractivity contribution is 7.99. The molecule has 0 saturated carbocycles. The number of aliphatic carboxylic acids is 1. The topological polar surface area (TPSA) is 74.6 Å². The molecular formula is C22H22O4PS+. The van der Waals surface area contributed by atoms with Crippen LogP contribution in [0.25, 0.3) is 10.8 Å². The third-order valence-electron chi connectivity index (χ3n) is 4.80. The van der Waals surface area contributed by atoms with E-state index in [1.165, 1.54) is 11.8 Å². The first-order valence-electron chi connectivity index (χ1n) is 9.02. The van der Waals surface area contributed by atoms with Crippen LogP contribution in [-0.2, 0) is 15.8 Å². The van der Waals surface area contributed by atoms with Crippen molar-refractivity contribution in [3.05, 3.63) is 78.4 Å². The Morgan fingerprint density at radius 2 is 1.68 bits per heavy atom. The lowest BCUT2D eigenvalue weighted by molar-refractivity contribution is -0.146. The van der Waals surface area contributed by atoms with Crippen LogP contribution in [0, 0.1) is 5.92 Å². The van der Waals surface area contributed by atoms with E-state index >= 15 is 0 Å². The molecule has 0 radical (unpaired) electrons. The van der Waals surface area contributed by atoms with E-state index in [1.54, 1.807) is 0 Å². The molecule has 0 amide bonds. The lowest BCUT2D eigenvalue weighted by Gasteiger charge is -2.22. The van der Waals surface area contributed by atoms with Crippen molar-refractivity contribution in [2.45, 2.75) is 23.1 Å². The quantitative estimate of drug-likeness (QED) is 0.382. The number of benzene rings is 3. The van der Waals surface area contributed by atoms with Crippen molar-refractivity contribution < 1.29 is 19.6 Å². The molecule has 3 atom stereocenters. The predicted octanol–water partition coefficient (Wildman–Crippen LogP) is 4.98. The number of carboxylic acid groups (broad SMARTS) is 1. The molecular weight excluding hydrogens is 391 g/mol. The Bertz CT molecular complexity index is 963. The maximum atomic E-state index is 11.8. The standard InChI is InChI=1S/C22H21O4PS/c23-21(24)20(13-10-16-6-2-1-3-7-16)22(25,27-26)15-28-19-12-11-17-8-4-5-9-18(17)14-19/h1-9,11-12,14,20,25H,10,13,15H2,(H,23,24)/p+1. The lowest BCUT2D eigenvalue weighted by atomic mass is 9.94. The van der Waals surface area contributed by atoms with Gasteiger partial charge in [-0.1, -0.05) is 65.2 Å². The van der Waals surface area contributed by atoms with Gasteiger partial charge >= 0.3 is 14.4 Å². The molecule has 3 aromatic rings. The fourth-order valence-corrected chi connectivity index (χ4v) is 5.00. The van der Waals surface area contributed by atoms with Gasteiger partial charge in [0.15, 0.2) is 0 Å². The molecule has 28 heavy (non-hydrogen) atoms. The van der Waals surface area contributed by atoms with E-state index in [0.29, 0.717) is 6.42 Å². The molecule has 0 fully saturated rings. The molecule has 0 spiro atoms. The zero-order valence-electron chi connectivity index (χ0n) is 15.2. The molecule has 2 N–H and O–H groups in total. The number of carbonyl (C=O) groups is 1. The predicted molar refractivity (Wildman–Crippen MR) is 115 cm³/mol. The zero-order valence-corrected chi connectivity index (χ0v) is 17.1. The largest absolute Gasteiger partial charge is 0.481 e. The SMILES string of the molecule is O=[PH+]C(O)(CSc1ccc2ccccc2c1)C(CCc1ccccc1)C(=O)O. The fraction of sp³-hybridized carbons (Fsp3) is 0.227. The van der Waals surface area contributed by atoms with Gasteiger partial charge in [-0.05, 0) is 41.3 Å². The zero-order chi connectivity index (χ0) is 20.0. The number of fused-ring (bicyclic) bond motifs is 1. The smallest absolute Gasteiger partial charge is 0.361 e. The summed E-state index contributed by atoms with van der Waals surface area (Å²) in [5, 5.41) is 21.0. The van der Waals surface area contributed by atoms with Crippen molar-refractivity contribution in [2.24, 2.45) is 5.92 Å². The van der Waals surface area contributed by atoms with E-state index in [9.17, 15) is 19.6 Å². The molecule has 3 rings (SSSR count). The molecule has 3 unspecified atom stereocenters. The number of carboxylic acids is 1. The van der Waals surface area contributed by atoms with E-state index in [-0.39, 0.29) is 12.2 Å². The van der Waals surface area contributed by atoms with Crippen LogP contribution in [0.15, 0.2) is 77.7 Å². The van der Waals surface area contributed by atoms with Crippen LogP contribution < -0.4 is 0 Å². The fourth-order valence-electron chi connectivity index (χ4n) is 3.17.